The first-order valence-corrected chi connectivity index (χ1v) is 5.91. The second-order valence-electron chi connectivity index (χ2n) is 2.65. The molecule has 2 heterocycles. The number of nitrogens with zero attached hydrogens (tertiary/aromatic N) is 3. The van der Waals surface area contributed by atoms with Crippen LogP contribution in [-0.4, -0.2) is 14.3 Å². The predicted molar refractivity (Wildman–Crippen MR) is 58.0 cm³/mol. The van der Waals surface area contributed by atoms with Crippen molar-refractivity contribution < 1.29 is 4.39 Å². The van der Waals surface area contributed by atoms with Crippen LogP contribution in [0.1, 0.15) is 5.82 Å². The fourth-order valence-electron chi connectivity index (χ4n) is 0.879. The van der Waals surface area contributed by atoms with E-state index in [4.69, 9.17) is 11.6 Å². The maximum atomic E-state index is 13.3. The van der Waals surface area contributed by atoms with Gasteiger partial charge in [-0.15, -0.1) is 0 Å². The predicted octanol–water partition coefficient (Wildman–Crippen LogP) is 3.19. The Labute approximate surface area is 98.9 Å². The summed E-state index contributed by atoms with van der Waals surface area (Å²) in [5.74, 6) is 0.234. The molecule has 2 aromatic heterocycles. The molecule has 2 rings (SSSR count). The van der Waals surface area contributed by atoms with Crippen LogP contribution >= 0.6 is 34.9 Å². The number of halogens is 2. The SMILES string of the molecule is Cc1nsc(Sc2ncc(Cl)cc2F)n1. The molecule has 0 aromatic carbocycles. The molecular weight excluding hydrogens is 257 g/mol. The summed E-state index contributed by atoms with van der Waals surface area (Å²) in [5.41, 5.74) is 0. The molecule has 0 aliphatic rings. The lowest BCUT2D eigenvalue weighted by Gasteiger charge is -1.98. The number of hydrogen-bond acceptors (Lipinski definition) is 5. The third kappa shape index (κ3) is 2.64. The number of pyridine rings is 1. The van der Waals surface area contributed by atoms with E-state index in [0.717, 1.165) is 11.8 Å². The molecule has 0 amide bonds. The van der Waals surface area contributed by atoms with Crippen LogP contribution in [0, 0.1) is 12.7 Å². The number of aromatic nitrogens is 3. The summed E-state index contributed by atoms with van der Waals surface area (Å²) in [6, 6.07) is 1.23. The summed E-state index contributed by atoms with van der Waals surface area (Å²) in [5, 5.41) is 0.542. The lowest BCUT2D eigenvalue weighted by molar-refractivity contribution is 0.588. The fraction of sp³-hybridized carbons (Fsp3) is 0.125. The van der Waals surface area contributed by atoms with Crippen LogP contribution in [0.25, 0.3) is 0 Å². The summed E-state index contributed by atoms with van der Waals surface area (Å²) in [4.78, 5) is 7.98. The smallest absolute Gasteiger partial charge is 0.176 e. The van der Waals surface area contributed by atoms with Crippen LogP contribution in [0.5, 0.6) is 0 Å². The molecule has 2 aromatic rings. The highest BCUT2D eigenvalue weighted by Gasteiger charge is 2.09. The topological polar surface area (TPSA) is 38.7 Å². The van der Waals surface area contributed by atoms with E-state index in [1.807, 2.05) is 0 Å². The fourth-order valence-corrected chi connectivity index (χ4v) is 2.55. The highest BCUT2D eigenvalue weighted by atomic mass is 35.5. The number of hydrogen-bond donors (Lipinski definition) is 0. The van der Waals surface area contributed by atoms with E-state index in [1.54, 1.807) is 6.92 Å². The summed E-state index contributed by atoms with van der Waals surface area (Å²) in [6.45, 7) is 1.78. The van der Waals surface area contributed by atoms with Crippen molar-refractivity contribution in [3.05, 3.63) is 28.9 Å². The van der Waals surface area contributed by atoms with Crippen molar-refractivity contribution in [1.29, 1.82) is 0 Å². The Kier molecular flexibility index (Phi) is 3.18. The Bertz CT molecular complexity index is 488. The highest BCUT2D eigenvalue weighted by molar-refractivity contribution is 8.00. The van der Waals surface area contributed by atoms with Gasteiger partial charge < -0.3 is 0 Å². The molecule has 3 nitrogen and oxygen atoms in total. The first kappa shape index (κ1) is 10.8. The van der Waals surface area contributed by atoms with Gasteiger partial charge in [-0.1, -0.05) is 11.6 Å². The standard InChI is InChI=1S/C8H5ClFN3S2/c1-4-12-8(15-13-4)14-7-6(10)2-5(9)3-11-7/h2-3H,1H3. The van der Waals surface area contributed by atoms with Crippen molar-refractivity contribution >= 4 is 34.9 Å². The molecule has 0 aliphatic carbocycles. The van der Waals surface area contributed by atoms with Gasteiger partial charge in [-0.2, -0.15) is 4.37 Å². The van der Waals surface area contributed by atoms with E-state index >= 15 is 0 Å². The Morgan fingerprint density at radius 1 is 1.53 bits per heavy atom. The summed E-state index contributed by atoms with van der Waals surface area (Å²) in [6.07, 6.45) is 1.40. The van der Waals surface area contributed by atoms with Crippen LogP contribution in [0.3, 0.4) is 0 Å². The lowest BCUT2D eigenvalue weighted by Crippen LogP contribution is -1.85. The van der Waals surface area contributed by atoms with Crippen molar-refractivity contribution in [2.24, 2.45) is 0 Å². The van der Waals surface area contributed by atoms with E-state index in [2.05, 4.69) is 14.3 Å². The third-order valence-corrected chi connectivity index (χ3v) is 3.51. The second kappa shape index (κ2) is 4.42. The maximum absolute atomic E-state index is 13.3. The molecule has 0 N–H and O–H groups in total. The van der Waals surface area contributed by atoms with Gasteiger partial charge in [0.05, 0.1) is 5.02 Å². The van der Waals surface area contributed by atoms with Gasteiger partial charge in [-0.3, -0.25) is 0 Å². The zero-order chi connectivity index (χ0) is 10.8. The van der Waals surface area contributed by atoms with E-state index < -0.39 is 5.82 Å². The van der Waals surface area contributed by atoms with Gasteiger partial charge in [-0.25, -0.2) is 14.4 Å². The average molecular weight is 262 g/mol. The molecular formula is C8H5ClFN3S2. The minimum atomic E-state index is -0.444. The van der Waals surface area contributed by atoms with Crippen LogP contribution in [0.15, 0.2) is 21.6 Å². The van der Waals surface area contributed by atoms with E-state index in [-0.39, 0.29) is 10.0 Å². The Morgan fingerprint density at radius 3 is 2.93 bits per heavy atom. The van der Waals surface area contributed by atoms with E-state index in [9.17, 15) is 4.39 Å². The van der Waals surface area contributed by atoms with E-state index in [1.165, 1.54) is 23.8 Å². The highest BCUT2D eigenvalue weighted by Crippen LogP contribution is 2.29. The molecule has 7 heteroatoms. The molecule has 0 saturated heterocycles. The zero-order valence-corrected chi connectivity index (χ0v) is 9.96. The maximum Gasteiger partial charge on any atom is 0.176 e. The van der Waals surface area contributed by atoms with Crippen molar-refractivity contribution in [3.8, 4) is 0 Å². The van der Waals surface area contributed by atoms with Gasteiger partial charge >= 0.3 is 0 Å². The Morgan fingerprint density at radius 2 is 2.33 bits per heavy atom. The minimum absolute atomic E-state index is 0.260. The minimum Gasteiger partial charge on any atom is -0.245 e. The van der Waals surface area contributed by atoms with Gasteiger partial charge in [-0.05, 0) is 36.3 Å². The van der Waals surface area contributed by atoms with Crippen molar-refractivity contribution in [2.45, 2.75) is 16.3 Å². The molecule has 0 saturated carbocycles. The second-order valence-corrected chi connectivity index (χ2v) is 5.07. The zero-order valence-electron chi connectivity index (χ0n) is 7.57. The summed E-state index contributed by atoms with van der Waals surface area (Å²) in [7, 11) is 0. The van der Waals surface area contributed by atoms with Gasteiger partial charge in [0.25, 0.3) is 0 Å². The molecule has 0 radical (unpaired) electrons. The number of aryl methyl sites for hydroxylation is 1. The summed E-state index contributed by atoms with van der Waals surface area (Å²) >= 11 is 7.95. The number of rotatable bonds is 2. The largest absolute Gasteiger partial charge is 0.245 e. The molecule has 0 fully saturated rings. The molecule has 78 valence electrons. The quantitative estimate of drug-likeness (QED) is 0.832. The first-order valence-electron chi connectivity index (χ1n) is 3.94. The van der Waals surface area contributed by atoms with Crippen molar-refractivity contribution in [2.75, 3.05) is 0 Å². The molecule has 0 bridgehead atoms. The van der Waals surface area contributed by atoms with Gasteiger partial charge in [0.15, 0.2) is 10.2 Å². The normalized spacial score (nSPS) is 10.6. The molecule has 0 aliphatic heterocycles. The molecule has 15 heavy (non-hydrogen) atoms. The average Bonchev–Trinajstić information content (AvgIpc) is 2.56. The van der Waals surface area contributed by atoms with Gasteiger partial charge in [0.1, 0.15) is 10.9 Å². The van der Waals surface area contributed by atoms with Gasteiger partial charge in [0.2, 0.25) is 0 Å². The Balaban J connectivity index is 2.24. The van der Waals surface area contributed by atoms with Crippen LogP contribution in [0.4, 0.5) is 4.39 Å². The van der Waals surface area contributed by atoms with Crippen LogP contribution < -0.4 is 0 Å². The van der Waals surface area contributed by atoms with Crippen LogP contribution in [-0.2, 0) is 0 Å². The van der Waals surface area contributed by atoms with Crippen molar-refractivity contribution in [3.63, 3.8) is 0 Å². The monoisotopic (exact) mass is 261 g/mol. The molecule has 0 unspecified atom stereocenters. The molecule has 0 atom stereocenters. The molecule has 0 spiro atoms. The van der Waals surface area contributed by atoms with E-state index in [0.29, 0.717) is 10.2 Å². The lowest BCUT2D eigenvalue weighted by atomic mass is 10.5. The summed E-state index contributed by atoms with van der Waals surface area (Å²) < 4.78 is 18.0. The van der Waals surface area contributed by atoms with Gasteiger partial charge in [0, 0.05) is 6.20 Å². The Hall–Kier alpha value is -0.720. The van der Waals surface area contributed by atoms with Crippen molar-refractivity contribution in [1.82, 2.24) is 14.3 Å². The first-order chi connectivity index (χ1) is 7.15. The van der Waals surface area contributed by atoms with Crippen LogP contribution in [0.2, 0.25) is 5.02 Å². The third-order valence-electron chi connectivity index (χ3n) is 1.47.